The van der Waals surface area contributed by atoms with Crippen LogP contribution in [0.2, 0.25) is 0 Å². The SMILES string of the molecule is CC(C)(C)CNc1cccc(CN(CCSc2ccccc2)Cc2cccc(NCC(C)(C)C)n2)n1.[Cu+2].[O-][Cl+3]([O-])([O-])[O-].[OH-]. The van der Waals surface area contributed by atoms with Crippen LogP contribution in [0.15, 0.2) is 71.6 Å². The Balaban J connectivity index is 0.00000232. The molecule has 3 N–H and O–H groups in total. The average molecular weight is 686 g/mol. The number of aromatic nitrogens is 2. The monoisotopic (exact) mass is 684 g/mol. The summed E-state index contributed by atoms with van der Waals surface area (Å²) in [6, 6.07) is 23.1. The molecular weight excluding hydrogens is 641 g/mol. The quantitative estimate of drug-likeness (QED) is 0.211. The second kappa shape index (κ2) is 19.4. The van der Waals surface area contributed by atoms with Gasteiger partial charge in [-0.05, 0) is 47.2 Å². The zero-order valence-electron chi connectivity index (χ0n) is 25.6. The van der Waals surface area contributed by atoms with E-state index >= 15 is 0 Å². The van der Waals surface area contributed by atoms with Crippen molar-refractivity contribution in [2.45, 2.75) is 59.5 Å². The molecule has 0 spiro atoms. The maximum Gasteiger partial charge on any atom is 2.00 e. The van der Waals surface area contributed by atoms with E-state index in [1.807, 2.05) is 11.8 Å². The molecule has 0 bridgehead atoms. The van der Waals surface area contributed by atoms with E-state index < -0.39 is 10.2 Å². The molecule has 0 aliphatic heterocycles. The minimum Gasteiger partial charge on any atom is -0.870 e. The van der Waals surface area contributed by atoms with Crippen LogP contribution in [0.5, 0.6) is 0 Å². The van der Waals surface area contributed by atoms with Crippen molar-refractivity contribution >= 4 is 23.4 Å². The Morgan fingerprint density at radius 2 is 1.12 bits per heavy atom. The van der Waals surface area contributed by atoms with Gasteiger partial charge in [-0.3, -0.25) is 4.90 Å². The van der Waals surface area contributed by atoms with Crippen molar-refractivity contribution in [2.75, 3.05) is 36.0 Å². The molecule has 0 fully saturated rings. The van der Waals surface area contributed by atoms with Gasteiger partial charge in [0, 0.05) is 43.4 Å². The van der Waals surface area contributed by atoms with E-state index in [0.29, 0.717) is 0 Å². The third-order valence-electron chi connectivity index (χ3n) is 5.40. The molecule has 1 aromatic carbocycles. The fraction of sp³-hybridized carbons (Fsp3) is 0.467. The van der Waals surface area contributed by atoms with Gasteiger partial charge in [0.2, 0.25) is 0 Å². The van der Waals surface area contributed by atoms with Crippen LogP contribution >= 0.6 is 11.8 Å². The number of benzene rings is 1. The molecule has 1 radical (unpaired) electrons. The molecular formula is C30H44ClCuN5O5S. The fourth-order valence-electron chi connectivity index (χ4n) is 3.53. The van der Waals surface area contributed by atoms with E-state index in [2.05, 4.69) is 124 Å². The van der Waals surface area contributed by atoms with Crippen molar-refractivity contribution in [3.05, 3.63) is 78.1 Å². The molecule has 3 rings (SSSR count). The van der Waals surface area contributed by atoms with Gasteiger partial charge in [-0.2, -0.15) is 0 Å². The maximum absolute atomic E-state index is 8.49. The van der Waals surface area contributed by atoms with E-state index in [4.69, 9.17) is 28.6 Å². The summed E-state index contributed by atoms with van der Waals surface area (Å²) in [4.78, 5) is 13.6. The zero-order valence-corrected chi connectivity index (χ0v) is 28.1. The van der Waals surface area contributed by atoms with Gasteiger partial charge in [0.1, 0.15) is 11.6 Å². The van der Waals surface area contributed by atoms with Crippen molar-refractivity contribution in [2.24, 2.45) is 10.8 Å². The van der Waals surface area contributed by atoms with Crippen LogP contribution in [-0.2, 0) is 30.2 Å². The third-order valence-corrected chi connectivity index (χ3v) is 6.40. The van der Waals surface area contributed by atoms with Crippen LogP contribution in [0.4, 0.5) is 11.6 Å². The first kappa shape index (κ1) is 41.0. The van der Waals surface area contributed by atoms with Gasteiger partial charge in [0.15, 0.2) is 0 Å². The van der Waals surface area contributed by atoms with Gasteiger partial charge in [0.05, 0.1) is 11.4 Å². The van der Waals surface area contributed by atoms with E-state index in [1.54, 1.807) is 0 Å². The first-order valence-corrected chi connectivity index (χ1v) is 15.7. The van der Waals surface area contributed by atoms with Crippen molar-refractivity contribution in [1.29, 1.82) is 0 Å². The average Bonchev–Trinajstić information content (AvgIpc) is 2.86. The number of pyridine rings is 2. The van der Waals surface area contributed by atoms with Crippen LogP contribution in [0.3, 0.4) is 0 Å². The Kier molecular flexibility index (Phi) is 18.5. The summed E-state index contributed by atoms with van der Waals surface area (Å²) in [5.41, 5.74) is 2.55. The Hall–Kier alpha value is -1.96. The molecule has 0 unspecified atom stereocenters. The summed E-state index contributed by atoms with van der Waals surface area (Å²) >= 11 is 1.89. The van der Waals surface area contributed by atoms with E-state index in [-0.39, 0.29) is 33.4 Å². The van der Waals surface area contributed by atoms with Gasteiger partial charge in [-0.25, -0.2) is 28.6 Å². The van der Waals surface area contributed by atoms with Crippen molar-refractivity contribution < 1.29 is 51.4 Å². The Labute approximate surface area is 273 Å². The van der Waals surface area contributed by atoms with E-state index in [9.17, 15) is 0 Å². The standard InChI is InChI=1S/C30H43N5S.ClHO4.Cu.H2O/c1-29(2,3)22-31-27-16-10-12-24(33-27)20-35(18-19-36-26-14-8-7-9-15-26)21-25-13-11-17-28(34-25)32-23-30(4,5)6;2-1(3,4)5;;/h7-17H,18-23H2,1-6H3,(H,31,33)(H,32,34);(H,2,3,4,5);;1H2/q;;+2;/p-2. The molecule has 13 heteroatoms. The first-order chi connectivity index (χ1) is 19.1. The van der Waals surface area contributed by atoms with Crippen LogP contribution in [-0.4, -0.2) is 45.7 Å². The number of anilines is 2. The van der Waals surface area contributed by atoms with Crippen LogP contribution in [0, 0.1) is 21.1 Å². The summed E-state index contributed by atoms with van der Waals surface area (Å²) in [5, 5.41) is 6.98. The van der Waals surface area contributed by atoms with Gasteiger partial charge < -0.3 is 16.1 Å². The molecule has 0 aliphatic carbocycles. The number of nitrogens with one attached hydrogen (secondary N) is 2. The largest absolute Gasteiger partial charge is 2.00 e. The van der Waals surface area contributed by atoms with Gasteiger partial charge in [-0.1, -0.05) is 71.9 Å². The van der Waals surface area contributed by atoms with E-state index in [1.165, 1.54) is 4.90 Å². The number of hydrogen-bond donors (Lipinski definition) is 2. The molecule has 43 heavy (non-hydrogen) atoms. The van der Waals surface area contributed by atoms with Crippen LogP contribution in [0.25, 0.3) is 0 Å². The molecule has 10 nitrogen and oxygen atoms in total. The second-order valence-electron chi connectivity index (χ2n) is 12.1. The molecule has 243 valence electrons. The normalized spacial score (nSPS) is 11.5. The number of rotatable bonds is 12. The number of halogens is 1. The predicted molar refractivity (Wildman–Crippen MR) is 158 cm³/mol. The smallest absolute Gasteiger partial charge is 0.870 e. The molecule has 2 heterocycles. The maximum atomic E-state index is 8.49. The molecule has 2 aromatic heterocycles. The summed E-state index contributed by atoms with van der Waals surface area (Å²) in [6.07, 6.45) is 0. The third kappa shape index (κ3) is 21.4. The van der Waals surface area contributed by atoms with Gasteiger partial charge >= 0.3 is 17.1 Å². The number of nitrogens with zero attached hydrogens (tertiary/aromatic N) is 3. The molecule has 0 saturated carbocycles. The van der Waals surface area contributed by atoms with Crippen LogP contribution < -0.4 is 29.3 Å². The Bertz CT molecular complexity index is 1110. The van der Waals surface area contributed by atoms with Gasteiger partial charge in [0.25, 0.3) is 0 Å². The summed E-state index contributed by atoms with van der Waals surface area (Å²) < 4.78 is 34.0. The van der Waals surface area contributed by atoms with E-state index in [0.717, 1.165) is 61.5 Å². The summed E-state index contributed by atoms with van der Waals surface area (Å²) in [5.74, 6) is 2.88. The van der Waals surface area contributed by atoms with Crippen molar-refractivity contribution in [3.63, 3.8) is 0 Å². The Morgan fingerprint density at radius 3 is 1.51 bits per heavy atom. The minimum atomic E-state index is -4.94. The molecule has 3 aromatic rings. The number of hydrogen-bond acceptors (Lipinski definition) is 11. The Morgan fingerprint density at radius 1 is 0.698 bits per heavy atom. The molecule has 0 atom stereocenters. The summed E-state index contributed by atoms with van der Waals surface area (Å²) in [7, 11) is -4.94. The van der Waals surface area contributed by atoms with Gasteiger partial charge in [-0.15, -0.1) is 22.0 Å². The first-order valence-electron chi connectivity index (χ1n) is 13.5. The number of thioether (sulfide) groups is 1. The molecule has 0 saturated heterocycles. The predicted octanol–water partition coefficient (Wildman–Crippen LogP) is 2.25. The van der Waals surface area contributed by atoms with Crippen LogP contribution in [0.1, 0.15) is 52.9 Å². The zero-order chi connectivity index (χ0) is 30.5. The van der Waals surface area contributed by atoms with Crippen molar-refractivity contribution in [1.82, 2.24) is 14.9 Å². The minimum absolute atomic E-state index is 0. The van der Waals surface area contributed by atoms with Crippen molar-refractivity contribution in [3.8, 4) is 0 Å². The fourth-order valence-corrected chi connectivity index (χ4v) is 4.46. The summed E-state index contributed by atoms with van der Waals surface area (Å²) in [6.45, 7) is 17.7. The molecule has 0 aliphatic rings. The molecule has 0 amide bonds. The topological polar surface area (TPSA) is 175 Å². The second-order valence-corrected chi connectivity index (χ2v) is 14.0.